The van der Waals surface area contributed by atoms with E-state index in [0.717, 1.165) is 5.56 Å². The summed E-state index contributed by atoms with van der Waals surface area (Å²) in [6, 6.07) is 5.16. The lowest BCUT2D eigenvalue weighted by atomic mass is 9.73. The molecule has 0 aromatic heterocycles. The fourth-order valence-electron chi connectivity index (χ4n) is 2.37. The Labute approximate surface area is 105 Å². The van der Waals surface area contributed by atoms with Gasteiger partial charge in [0.2, 0.25) is 0 Å². The maximum atomic E-state index is 12.4. The first kappa shape index (κ1) is 12.6. The van der Waals surface area contributed by atoms with Gasteiger partial charge in [-0.25, -0.2) is 0 Å². The van der Waals surface area contributed by atoms with E-state index in [-0.39, 0.29) is 11.6 Å². The van der Waals surface area contributed by atoms with Gasteiger partial charge in [0.15, 0.2) is 17.3 Å². The van der Waals surface area contributed by atoms with E-state index in [1.165, 1.54) is 13.8 Å². The van der Waals surface area contributed by atoms with E-state index in [2.05, 4.69) is 0 Å². The van der Waals surface area contributed by atoms with E-state index in [9.17, 15) is 14.4 Å². The number of hydrogen-bond acceptors (Lipinski definition) is 4. The van der Waals surface area contributed by atoms with Crippen molar-refractivity contribution in [2.45, 2.75) is 32.2 Å². The van der Waals surface area contributed by atoms with E-state index in [4.69, 9.17) is 5.73 Å². The summed E-state index contributed by atoms with van der Waals surface area (Å²) in [5, 5.41) is 0. The molecular formula is C14H15NO3. The molecule has 1 aromatic rings. The summed E-state index contributed by atoms with van der Waals surface area (Å²) in [6.45, 7) is 2.72. The van der Waals surface area contributed by atoms with Crippen molar-refractivity contribution in [3.63, 3.8) is 0 Å². The molecular weight excluding hydrogens is 230 g/mol. The maximum absolute atomic E-state index is 12.4. The molecule has 0 spiro atoms. The molecule has 4 heteroatoms. The summed E-state index contributed by atoms with van der Waals surface area (Å²) in [4.78, 5) is 35.6. The summed E-state index contributed by atoms with van der Waals surface area (Å²) in [7, 11) is 0. The Morgan fingerprint density at radius 1 is 1.28 bits per heavy atom. The largest absolute Gasteiger partial charge is 0.312 e. The first-order chi connectivity index (χ1) is 8.38. The summed E-state index contributed by atoms with van der Waals surface area (Å²) in [6.07, 6.45) is 0.841. The first-order valence-corrected chi connectivity index (χ1v) is 5.85. The number of hydrogen-bond donors (Lipinski definition) is 1. The van der Waals surface area contributed by atoms with Crippen LogP contribution in [-0.2, 0) is 11.2 Å². The van der Waals surface area contributed by atoms with Gasteiger partial charge in [-0.1, -0.05) is 18.2 Å². The number of fused-ring (bicyclic) bond motifs is 1. The van der Waals surface area contributed by atoms with Crippen molar-refractivity contribution in [1.29, 1.82) is 0 Å². The van der Waals surface area contributed by atoms with Gasteiger partial charge in [0.05, 0.1) is 0 Å². The van der Waals surface area contributed by atoms with Crippen LogP contribution in [0.25, 0.3) is 0 Å². The third-order valence-electron chi connectivity index (χ3n) is 3.58. The van der Waals surface area contributed by atoms with Crippen LogP contribution >= 0.6 is 0 Å². The molecule has 94 valence electrons. The molecule has 0 bridgehead atoms. The van der Waals surface area contributed by atoms with E-state index in [1.807, 2.05) is 0 Å². The van der Waals surface area contributed by atoms with Gasteiger partial charge in [0.25, 0.3) is 0 Å². The Hall–Kier alpha value is -1.81. The predicted molar refractivity (Wildman–Crippen MR) is 66.7 cm³/mol. The minimum Gasteiger partial charge on any atom is -0.312 e. The van der Waals surface area contributed by atoms with Crippen molar-refractivity contribution in [3.8, 4) is 0 Å². The SMILES string of the molecule is CC(=O)c1cccc2c1C(=O)C(N)(C(C)=O)CC2. The van der Waals surface area contributed by atoms with Crippen molar-refractivity contribution in [2.24, 2.45) is 5.73 Å². The molecule has 4 nitrogen and oxygen atoms in total. The van der Waals surface area contributed by atoms with Crippen molar-refractivity contribution in [1.82, 2.24) is 0 Å². The first-order valence-electron chi connectivity index (χ1n) is 5.85. The van der Waals surface area contributed by atoms with Crippen molar-refractivity contribution < 1.29 is 14.4 Å². The lowest BCUT2D eigenvalue weighted by Gasteiger charge is -2.31. The fourth-order valence-corrected chi connectivity index (χ4v) is 2.37. The number of carbonyl (C=O) groups excluding carboxylic acids is 3. The van der Waals surface area contributed by atoms with Crippen LogP contribution in [0.2, 0.25) is 0 Å². The van der Waals surface area contributed by atoms with E-state index < -0.39 is 11.3 Å². The van der Waals surface area contributed by atoms with Gasteiger partial charge in [-0.05, 0) is 32.3 Å². The zero-order chi connectivity index (χ0) is 13.5. The van der Waals surface area contributed by atoms with Crippen molar-refractivity contribution in [2.75, 3.05) is 0 Å². The second kappa shape index (κ2) is 4.14. The second-order valence-electron chi connectivity index (χ2n) is 4.75. The summed E-state index contributed by atoms with van der Waals surface area (Å²) in [5.41, 5.74) is 5.93. The van der Waals surface area contributed by atoms with Crippen LogP contribution in [0, 0.1) is 0 Å². The van der Waals surface area contributed by atoms with Gasteiger partial charge in [-0.15, -0.1) is 0 Å². The summed E-state index contributed by atoms with van der Waals surface area (Å²) < 4.78 is 0. The van der Waals surface area contributed by atoms with E-state index >= 15 is 0 Å². The Bertz CT molecular complexity index is 562. The number of aryl methyl sites for hydroxylation is 1. The molecule has 1 aliphatic carbocycles. The van der Waals surface area contributed by atoms with Crippen LogP contribution in [0.3, 0.4) is 0 Å². The molecule has 18 heavy (non-hydrogen) atoms. The Balaban J connectivity index is 2.65. The topological polar surface area (TPSA) is 77.2 Å². The van der Waals surface area contributed by atoms with Crippen LogP contribution < -0.4 is 5.73 Å². The summed E-state index contributed by atoms with van der Waals surface area (Å²) >= 11 is 0. The monoisotopic (exact) mass is 245 g/mol. The predicted octanol–water partition coefficient (Wildman–Crippen LogP) is 1.30. The minimum atomic E-state index is -1.47. The number of rotatable bonds is 2. The number of ketones is 3. The standard InChI is InChI=1S/C14H15NO3/c1-8(16)11-5-3-4-10-6-7-14(15,9(2)17)13(18)12(10)11/h3-5H,6-7,15H2,1-2H3. The van der Waals surface area contributed by atoms with Crippen molar-refractivity contribution >= 4 is 17.3 Å². The molecule has 2 N–H and O–H groups in total. The van der Waals surface area contributed by atoms with Crippen molar-refractivity contribution in [3.05, 3.63) is 34.9 Å². The molecule has 0 fully saturated rings. The summed E-state index contributed by atoms with van der Waals surface area (Å²) in [5.74, 6) is -0.966. The molecule has 0 heterocycles. The molecule has 0 amide bonds. The fraction of sp³-hybridized carbons (Fsp3) is 0.357. The van der Waals surface area contributed by atoms with E-state index in [0.29, 0.717) is 24.0 Å². The smallest absolute Gasteiger partial charge is 0.191 e. The molecule has 1 aliphatic rings. The highest BCUT2D eigenvalue weighted by Gasteiger charge is 2.44. The number of Topliss-reactive ketones (excluding diaryl/α,β-unsaturated/α-hetero) is 3. The molecule has 2 rings (SSSR count). The van der Waals surface area contributed by atoms with Crippen LogP contribution in [-0.4, -0.2) is 22.9 Å². The quantitative estimate of drug-likeness (QED) is 0.629. The average molecular weight is 245 g/mol. The Morgan fingerprint density at radius 2 is 1.94 bits per heavy atom. The highest BCUT2D eigenvalue weighted by Crippen LogP contribution is 2.30. The molecule has 0 aliphatic heterocycles. The molecule has 1 atom stereocenters. The normalized spacial score (nSPS) is 22.5. The van der Waals surface area contributed by atoms with Crippen LogP contribution in [0.1, 0.15) is 46.5 Å². The molecule has 1 unspecified atom stereocenters. The number of carbonyl (C=O) groups is 3. The zero-order valence-electron chi connectivity index (χ0n) is 10.4. The second-order valence-corrected chi connectivity index (χ2v) is 4.75. The highest BCUT2D eigenvalue weighted by atomic mass is 16.2. The third kappa shape index (κ3) is 1.69. The molecule has 0 saturated heterocycles. The highest BCUT2D eigenvalue weighted by molar-refractivity contribution is 6.22. The van der Waals surface area contributed by atoms with Gasteiger partial charge in [0.1, 0.15) is 5.54 Å². The van der Waals surface area contributed by atoms with Gasteiger partial charge in [-0.2, -0.15) is 0 Å². The number of nitrogens with two attached hydrogens (primary N) is 1. The van der Waals surface area contributed by atoms with Gasteiger partial charge >= 0.3 is 0 Å². The molecule has 0 radical (unpaired) electrons. The lowest BCUT2D eigenvalue weighted by molar-refractivity contribution is -0.120. The van der Waals surface area contributed by atoms with Crippen LogP contribution in [0.4, 0.5) is 0 Å². The molecule has 0 saturated carbocycles. The Kier molecular flexibility index (Phi) is 2.91. The lowest BCUT2D eigenvalue weighted by Crippen LogP contribution is -2.56. The van der Waals surface area contributed by atoms with Gasteiger partial charge < -0.3 is 5.73 Å². The van der Waals surface area contributed by atoms with Gasteiger partial charge in [0, 0.05) is 11.1 Å². The zero-order valence-corrected chi connectivity index (χ0v) is 10.4. The number of benzene rings is 1. The van der Waals surface area contributed by atoms with Crippen LogP contribution in [0.15, 0.2) is 18.2 Å². The van der Waals surface area contributed by atoms with Crippen LogP contribution in [0.5, 0.6) is 0 Å². The minimum absolute atomic E-state index is 0.187. The van der Waals surface area contributed by atoms with E-state index in [1.54, 1.807) is 18.2 Å². The Morgan fingerprint density at radius 3 is 2.50 bits per heavy atom. The third-order valence-corrected chi connectivity index (χ3v) is 3.58. The molecule has 1 aromatic carbocycles. The average Bonchev–Trinajstić information content (AvgIpc) is 2.33. The maximum Gasteiger partial charge on any atom is 0.191 e. The van der Waals surface area contributed by atoms with Gasteiger partial charge in [-0.3, -0.25) is 14.4 Å².